The van der Waals surface area contributed by atoms with Crippen LogP contribution in [0.15, 0.2) is 18.3 Å². The minimum absolute atomic E-state index is 0.271. The highest BCUT2D eigenvalue weighted by molar-refractivity contribution is 5.13. The van der Waals surface area contributed by atoms with Gasteiger partial charge >= 0.3 is 0 Å². The molecule has 78 valence electrons. The number of hydrogen-bond acceptors (Lipinski definition) is 2. The summed E-state index contributed by atoms with van der Waals surface area (Å²) in [4.78, 5) is 4.37. The van der Waals surface area contributed by atoms with Gasteiger partial charge in [-0.05, 0) is 36.8 Å². The fraction of sp³-hybridized carbons (Fsp3) is 0.583. The monoisotopic (exact) mass is 193 g/mol. The highest BCUT2D eigenvalue weighted by Crippen LogP contribution is 2.08. The molecule has 0 radical (unpaired) electrons. The standard InChI is InChI=1S/C12H19NO/c1-3-11-5-7-12(13-8-11)6-4-10(2)9-14/h5,7-8,10,14H,3-4,6,9H2,1-2H3. The molecule has 2 heteroatoms. The molecule has 1 aromatic heterocycles. The van der Waals surface area contributed by atoms with E-state index < -0.39 is 0 Å². The van der Waals surface area contributed by atoms with Gasteiger partial charge in [-0.25, -0.2) is 0 Å². The predicted octanol–water partition coefficient (Wildman–Crippen LogP) is 2.21. The highest BCUT2D eigenvalue weighted by atomic mass is 16.3. The van der Waals surface area contributed by atoms with Crippen LogP contribution in [0.2, 0.25) is 0 Å². The van der Waals surface area contributed by atoms with Crippen molar-refractivity contribution in [1.29, 1.82) is 0 Å². The van der Waals surface area contributed by atoms with Gasteiger partial charge in [0, 0.05) is 18.5 Å². The van der Waals surface area contributed by atoms with Gasteiger partial charge in [0.25, 0.3) is 0 Å². The Balaban J connectivity index is 2.43. The van der Waals surface area contributed by atoms with Crippen LogP contribution in [0.4, 0.5) is 0 Å². The van der Waals surface area contributed by atoms with Gasteiger partial charge in [0.15, 0.2) is 0 Å². The number of aliphatic hydroxyl groups is 1. The predicted molar refractivity (Wildman–Crippen MR) is 58.2 cm³/mol. The van der Waals surface area contributed by atoms with E-state index in [1.807, 2.05) is 6.20 Å². The summed E-state index contributed by atoms with van der Waals surface area (Å²) in [7, 11) is 0. The van der Waals surface area contributed by atoms with Crippen molar-refractivity contribution in [1.82, 2.24) is 4.98 Å². The van der Waals surface area contributed by atoms with Crippen LogP contribution < -0.4 is 0 Å². The zero-order chi connectivity index (χ0) is 10.4. The normalized spacial score (nSPS) is 12.8. The van der Waals surface area contributed by atoms with Crippen LogP contribution in [0.1, 0.15) is 31.5 Å². The molecule has 0 amide bonds. The van der Waals surface area contributed by atoms with Crippen LogP contribution in [-0.4, -0.2) is 16.7 Å². The number of rotatable bonds is 5. The Labute approximate surface area is 86.0 Å². The SMILES string of the molecule is CCc1ccc(CCC(C)CO)nc1. The smallest absolute Gasteiger partial charge is 0.0456 e. The van der Waals surface area contributed by atoms with E-state index >= 15 is 0 Å². The van der Waals surface area contributed by atoms with Gasteiger partial charge in [0.2, 0.25) is 0 Å². The van der Waals surface area contributed by atoms with Crippen molar-refractivity contribution in [3.05, 3.63) is 29.6 Å². The van der Waals surface area contributed by atoms with Gasteiger partial charge in [-0.15, -0.1) is 0 Å². The number of nitrogens with zero attached hydrogens (tertiary/aromatic N) is 1. The van der Waals surface area contributed by atoms with Crippen molar-refractivity contribution in [2.75, 3.05) is 6.61 Å². The first-order valence-corrected chi connectivity index (χ1v) is 5.31. The molecule has 2 nitrogen and oxygen atoms in total. The molecular formula is C12H19NO. The maximum absolute atomic E-state index is 8.87. The Kier molecular flexibility index (Phi) is 4.60. The third-order valence-electron chi connectivity index (χ3n) is 2.50. The van der Waals surface area contributed by atoms with Gasteiger partial charge in [-0.1, -0.05) is 19.9 Å². The summed E-state index contributed by atoms with van der Waals surface area (Å²) >= 11 is 0. The van der Waals surface area contributed by atoms with Crippen molar-refractivity contribution < 1.29 is 5.11 Å². The van der Waals surface area contributed by atoms with Crippen LogP contribution in [0.3, 0.4) is 0 Å². The Morgan fingerprint density at radius 3 is 2.71 bits per heavy atom. The molecule has 1 rings (SSSR count). The van der Waals surface area contributed by atoms with Crippen LogP contribution in [0.5, 0.6) is 0 Å². The molecule has 0 saturated carbocycles. The van der Waals surface area contributed by atoms with Crippen molar-refractivity contribution in [3.8, 4) is 0 Å². The van der Waals surface area contributed by atoms with Crippen molar-refractivity contribution in [2.24, 2.45) is 5.92 Å². The highest BCUT2D eigenvalue weighted by Gasteiger charge is 2.01. The van der Waals surface area contributed by atoms with E-state index in [9.17, 15) is 0 Å². The molecule has 0 aliphatic carbocycles. The number of aliphatic hydroxyl groups excluding tert-OH is 1. The van der Waals surface area contributed by atoms with Gasteiger partial charge < -0.3 is 5.11 Å². The average Bonchev–Trinajstić information content (AvgIpc) is 2.26. The Hall–Kier alpha value is -0.890. The number of pyridine rings is 1. The minimum Gasteiger partial charge on any atom is -0.396 e. The molecule has 0 fully saturated rings. The van der Waals surface area contributed by atoms with Gasteiger partial charge in [0.05, 0.1) is 0 Å². The van der Waals surface area contributed by atoms with Crippen LogP contribution >= 0.6 is 0 Å². The van der Waals surface area contributed by atoms with Crippen molar-refractivity contribution in [3.63, 3.8) is 0 Å². The third-order valence-corrected chi connectivity index (χ3v) is 2.50. The molecule has 0 saturated heterocycles. The van der Waals surface area contributed by atoms with Crippen LogP contribution in [-0.2, 0) is 12.8 Å². The summed E-state index contributed by atoms with van der Waals surface area (Å²) in [5.41, 5.74) is 2.41. The van der Waals surface area contributed by atoms with Crippen molar-refractivity contribution in [2.45, 2.75) is 33.1 Å². The van der Waals surface area contributed by atoms with E-state index in [4.69, 9.17) is 5.11 Å². The van der Waals surface area contributed by atoms with Gasteiger partial charge in [-0.2, -0.15) is 0 Å². The first kappa shape index (κ1) is 11.2. The van der Waals surface area contributed by atoms with E-state index in [2.05, 4.69) is 31.0 Å². The maximum atomic E-state index is 8.87. The average molecular weight is 193 g/mol. The maximum Gasteiger partial charge on any atom is 0.0456 e. The second-order valence-electron chi connectivity index (χ2n) is 3.84. The summed E-state index contributed by atoms with van der Waals surface area (Å²) in [6.07, 6.45) is 4.96. The Morgan fingerprint density at radius 1 is 1.43 bits per heavy atom. The topological polar surface area (TPSA) is 33.1 Å². The number of aromatic nitrogens is 1. The molecule has 14 heavy (non-hydrogen) atoms. The number of aryl methyl sites for hydroxylation is 2. The molecule has 0 aromatic carbocycles. The molecule has 1 atom stereocenters. The van der Waals surface area contributed by atoms with E-state index in [-0.39, 0.29) is 6.61 Å². The van der Waals surface area contributed by atoms with E-state index in [1.54, 1.807) is 0 Å². The second kappa shape index (κ2) is 5.76. The Morgan fingerprint density at radius 2 is 2.21 bits per heavy atom. The van der Waals surface area contributed by atoms with Gasteiger partial charge in [-0.3, -0.25) is 4.98 Å². The third kappa shape index (κ3) is 3.46. The number of hydrogen-bond donors (Lipinski definition) is 1. The largest absolute Gasteiger partial charge is 0.396 e. The summed E-state index contributed by atoms with van der Waals surface area (Å²) in [6.45, 7) is 4.46. The fourth-order valence-electron chi connectivity index (χ4n) is 1.30. The summed E-state index contributed by atoms with van der Waals surface area (Å²) < 4.78 is 0. The molecule has 0 bridgehead atoms. The van der Waals surface area contributed by atoms with E-state index in [1.165, 1.54) is 5.56 Å². The lowest BCUT2D eigenvalue weighted by Crippen LogP contribution is -2.03. The first-order chi connectivity index (χ1) is 6.76. The molecule has 0 aliphatic heterocycles. The Bertz CT molecular complexity index is 256. The first-order valence-electron chi connectivity index (χ1n) is 5.31. The summed E-state index contributed by atoms with van der Waals surface area (Å²) in [5, 5.41) is 8.87. The van der Waals surface area contributed by atoms with Crippen molar-refractivity contribution >= 4 is 0 Å². The summed E-state index contributed by atoms with van der Waals surface area (Å²) in [5.74, 6) is 0.377. The zero-order valence-electron chi connectivity index (χ0n) is 9.03. The lowest BCUT2D eigenvalue weighted by Gasteiger charge is -2.06. The fourth-order valence-corrected chi connectivity index (χ4v) is 1.30. The van der Waals surface area contributed by atoms with Crippen LogP contribution in [0, 0.1) is 5.92 Å². The second-order valence-corrected chi connectivity index (χ2v) is 3.84. The molecule has 1 N–H and O–H groups in total. The molecule has 1 unspecified atom stereocenters. The summed E-state index contributed by atoms with van der Waals surface area (Å²) in [6, 6.07) is 4.22. The minimum atomic E-state index is 0.271. The van der Waals surface area contributed by atoms with E-state index in [0.717, 1.165) is 25.0 Å². The quantitative estimate of drug-likeness (QED) is 0.777. The lowest BCUT2D eigenvalue weighted by atomic mass is 10.0. The molecular weight excluding hydrogens is 174 g/mol. The van der Waals surface area contributed by atoms with Gasteiger partial charge in [0.1, 0.15) is 0 Å². The molecule has 0 aliphatic rings. The lowest BCUT2D eigenvalue weighted by molar-refractivity contribution is 0.230. The zero-order valence-corrected chi connectivity index (χ0v) is 9.03. The molecule has 1 aromatic rings. The molecule has 1 heterocycles. The molecule has 0 spiro atoms. The van der Waals surface area contributed by atoms with E-state index in [0.29, 0.717) is 5.92 Å². The van der Waals surface area contributed by atoms with Crippen LogP contribution in [0.25, 0.3) is 0 Å².